The third kappa shape index (κ3) is 4.82. The van der Waals surface area contributed by atoms with Crippen LogP contribution in [0.15, 0.2) is 29.1 Å². The second kappa shape index (κ2) is 9.63. The number of aromatic nitrogens is 2. The number of benzene rings is 1. The van der Waals surface area contributed by atoms with Gasteiger partial charge in [-0.25, -0.2) is 36.6 Å². The first-order valence-electron chi connectivity index (χ1n) is 12.4. The first kappa shape index (κ1) is 26.6. The van der Waals surface area contributed by atoms with Crippen molar-refractivity contribution in [1.29, 1.82) is 0 Å². The monoisotopic (exact) mass is 562 g/mol. The number of nitrogens with zero attached hydrogens (tertiary/aromatic N) is 4. The largest absolute Gasteiger partial charge is 0.501 e. The maximum atomic E-state index is 13.3. The van der Waals surface area contributed by atoms with Crippen LogP contribution < -0.4 is 16.2 Å². The minimum absolute atomic E-state index is 0.0173. The first-order valence-corrected chi connectivity index (χ1v) is 14.2. The molecule has 4 heterocycles. The van der Waals surface area contributed by atoms with E-state index in [0.29, 0.717) is 35.6 Å². The molecule has 2 fully saturated rings. The zero-order valence-electron chi connectivity index (χ0n) is 21.0. The molecule has 2 bridgehead atoms. The van der Waals surface area contributed by atoms with E-state index in [1.165, 1.54) is 28.8 Å². The van der Waals surface area contributed by atoms with Crippen molar-refractivity contribution in [2.75, 3.05) is 19.3 Å². The highest BCUT2D eigenvalue weighted by Gasteiger charge is 2.48. The van der Waals surface area contributed by atoms with Crippen LogP contribution in [0, 0.1) is 11.7 Å². The number of urea groups is 2. The molecule has 5 amide bonds. The molecule has 6 rings (SSSR count). The summed E-state index contributed by atoms with van der Waals surface area (Å²) in [5, 5.41) is 16.0. The fourth-order valence-corrected chi connectivity index (χ4v) is 6.20. The molecular weight excluding hydrogens is 535 g/mol. The number of amides is 5. The second-order valence-electron chi connectivity index (χ2n) is 10.1. The zero-order valence-corrected chi connectivity index (χ0v) is 21.8. The van der Waals surface area contributed by atoms with Crippen LogP contribution >= 0.6 is 0 Å². The summed E-state index contributed by atoms with van der Waals surface area (Å²) in [5.74, 6) is -1.96. The lowest BCUT2D eigenvalue weighted by atomic mass is 9.77. The van der Waals surface area contributed by atoms with Crippen LogP contribution in [0.2, 0.25) is 0 Å². The summed E-state index contributed by atoms with van der Waals surface area (Å²) in [6, 6.07) is 3.59. The van der Waals surface area contributed by atoms with Crippen LogP contribution in [0.1, 0.15) is 47.6 Å². The highest BCUT2D eigenvalue weighted by molar-refractivity contribution is 7.88. The van der Waals surface area contributed by atoms with Gasteiger partial charge in [0.1, 0.15) is 11.6 Å². The number of imide groups is 1. The van der Waals surface area contributed by atoms with E-state index in [9.17, 15) is 37.1 Å². The summed E-state index contributed by atoms with van der Waals surface area (Å²) in [6.45, 7) is -0.116. The van der Waals surface area contributed by atoms with Crippen LogP contribution in [-0.2, 0) is 28.7 Å². The van der Waals surface area contributed by atoms with Crippen LogP contribution in [0.4, 0.5) is 14.0 Å². The molecular formula is C24H27FN6O7S. The lowest BCUT2D eigenvalue weighted by Crippen LogP contribution is -2.54. The van der Waals surface area contributed by atoms with E-state index >= 15 is 0 Å². The van der Waals surface area contributed by atoms with Crippen molar-refractivity contribution >= 4 is 28.0 Å². The van der Waals surface area contributed by atoms with Gasteiger partial charge in [0.25, 0.3) is 11.5 Å². The molecule has 1 aliphatic carbocycles. The SMILES string of the molecule is CS(=O)(=O)N1CCN(C(=O)NC23CCC(CC2)Cn2c3nc(C(=O)NCc3ccc(F)cc3)c(O)c2=O)C1=O. The lowest BCUT2D eigenvalue weighted by molar-refractivity contribution is 0.0941. The summed E-state index contributed by atoms with van der Waals surface area (Å²) >= 11 is 0. The van der Waals surface area contributed by atoms with Crippen molar-refractivity contribution in [3.05, 3.63) is 57.5 Å². The molecule has 3 aliphatic heterocycles. The van der Waals surface area contributed by atoms with Gasteiger partial charge in [-0.3, -0.25) is 14.2 Å². The molecule has 1 saturated heterocycles. The predicted octanol–water partition coefficient (Wildman–Crippen LogP) is 0.824. The fraction of sp³-hybridized carbons (Fsp3) is 0.458. The third-order valence-corrected chi connectivity index (χ3v) is 8.66. The molecule has 15 heteroatoms. The van der Waals surface area contributed by atoms with Gasteiger partial charge in [0.15, 0.2) is 5.69 Å². The number of carbonyl (C=O) groups excluding carboxylic acids is 3. The summed E-state index contributed by atoms with van der Waals surface area (Å²) in [7, 11) is -3.86. The van der Waals surface area contributed by atoms with Gasteiger partial charge in [-0.1, -0.05) is 12.1 Å². The molecule has 2 aromatic rings. The summed E-state index contributed by atoms with van der Waals surface area (Å²) in [4.78, 5) is 57.3. The van der Waals surface area contributed by atoms with Crippen molar-refractivity contribution in [3.63, 3.8) is 0 Å². The molecule has 3 N–H and O–H groups in total. The lowest BCUT2D eigenvalue weighted by Gasteiger charge is -2.37. The van der Waals surface area contributed by atoms with Gasteiger partial charge in [0.2, 0.25) is 15.8 Å². The topological polar surface area (TPSA) is 171 Å². The Balaban J connectivity index is 1.46. The van der Waals surface area contributed by atoms with Gasteiger partial charge in [-0.05, 0) is 49.3 Å². The normalized spacial score (nSPS) is 22.4. The van der Waals surface area contributed by atoms with Crippen molar-refractivity contribution in [1.82, 2.24) is 29.4 Å². The van der Waals surface area contributed by atoms with E-state index in [-0.39, 0.29) is 37.9 Å². The summed E-state index contributed by atoms with van der Waals surface area (Å²) in [6.07, 6.45) is 2.81. The predicted molar refractivity (Wildman–Crippen MR) is 134 cm³/mol. The van der Waals surface area contributed by atoms with Gasteiger partial charge in [0.05, 0.1) is 24.9 Å². The number of hydrogen-bond donors (Lipinski definition) is 3. The molecule has 1 saturated carbocycles. The highest BCUT2D eigenvalue weighted by atomic mass is 32.2. The first-order chi connectivity index (χ1) is 18.4. The molecule has 1 aromatic carbocycles. The summed E-state index contributed by atoms with van der Waals surface area (Å²) in [5.41, 5.74) is -2.01. The highest BCUT2D eigenvalue weighted by Crippen LogP contribution is 2.43. The molecule has 13 nitrogen and oxygen atoms in total. The Morgan fingerprint density at radius 2 is 1.82 bits per heavy atom. The van der Waals surface area contributed by atoms with Crippen LogP contribution in [0.5, 0.6) is 5.75 Å². The van der Waals surface area contributed by atoms with Gasteiger partial charge in [0, 0.05) is 13.1 Å². The van der Waals surface area contributed by atoms with E-state index in [0.717, 1.165) is 11.2 Å². The quantitative estimate of drug-likeness (QED) is 0.481. The molecule has 0 radical (unpaired) electrons. The van der Waals surface area contributed by atoms with Crippen LogP contribution in [-0.4, -0.2) is 69.6 Å². The smallest absolute Gasteiger partial charge is 0.341 e. The standard InChI is InChI=1S/C24H27FN6O7S/c1-39(37,38)31-11-10-29(23(31)36)22(35)28-24-8-6-15(7-9-24)13-30-20(34)18(32)17(27-21(24)30)19(33)26-12-14-2-4-16(25)5-3-14/h2-5,15,32H,6-13H2,1H3,(H,26,33)(H,28,35). The second-order valence-corrected chi connectivity index (χ2v) is 12.0. The molecule has 0 atom stereocenters. The van der Waals surface area contributed by atoms with Crippen molar-refractivity contribution in [2.45, 2.75) is 44.3 Å². The Hall–Kier alpha value is -4.01. The van der Waals surface area contributed by atoms with Crippen molar-refractivity contribution in [3.8, 4) is 5.75 Å². The van der Waals surface area contributed by atoms with Crippen LogP contribution in [0.3, 0.4) is 0 Å². The minimum atomic E-state index is -3.86. The molecule has 208 valence electrons. The van der Waals surface area contributed by atoms with E-state index in [1.807, 2.05) is 0 Å². The Labute approximate surface area is 222 Å². The van der Waals surface area contributed by atoms with Gasteiger partial charge < -0.3 is 15.7 Å². The Morgan fingerprint density at radius 1 is 1.15 bits per heavy atom. The number of carbonyl (C=O) groups is 3. The average molecular weight is 563 g/mol. The number of aromatic hydroxyl groups is 1. The Bertz CT molecular complexity index is 1520. The number of hydrogen-bond acceptors (Lipinski definition) is 8. The molecule has 1 aromatic heterocycles. The maximum Gasteiger partial charge on any atom is 0.341 e. The fourth-order valence-electron chi connectivity index (χ4n) is 5.41. The van der Waals surface area contributed by atoms with Gasteiger partial charge in [-0.15, -0.1) is 0 Å². The average Bonchev–Trinajstić information content (AvgIpc) is 3.15. The van der Waals surface area contributed by atoms with E-state index in [1.54, 1.807) is 0 Å². The molecule has 0 spiro atoms. The van der Waals surface area contributed by atoms with Gasteiger partial charge >= 0.3 is 12.1 Å². The molecule has 0 unspecified atom stereocenters. The molecule has 39 heavy (non-hydrogen) atoms. The van der Waals surface area contributed by atoms with Crippen molar-refractivity contribution < 1.29 is 32.3 Å². The number of rotatable bonds is 5. The third-order valence-electron chi connectivity index (χ3n) is 7.52. The van der Waals surface area contributed by atoms with Crippen LogP contribution in [0.25, 0.3) is 0 Å². The van der Waals surface area contributed by atoms with Gasteiger partial charge in [-0.2, -0.15) is 0 Å². The molecule has 4 aliphatic rings. The maximum absolute atomic E-state index is 13.3. The number of sulfonamides is 1. The minimum Gasteiger partial charge on any atom is -0.501 e. The Kier molecular flexibility index (Phi) is 6.56. The van der Waals surface area contributed by atoms with E-state index in [4.69, 9.17) is 0 Å². The summed E-state index contributed by atoms with van der Waals surface area (Å²) < 4.78 is 38.8. The number of nitrogens with one attached hydrogen (secondary N) is 2. The Morgan fingerprint density at radius 3 is 2.44 bits per heavy atom. The van der Waals surface area contributed by atoms with Crippen molar-refractivity contribution in [2.24, 2.45) is 5.92 Å². The zero-order chi connectivity index (χ0) is 28.1. The number of halogens is 1. The number of fused-ring (bicyclic) bond motifs is 2. The van der Waals surface area contributed by atoms with E-state index < -0.39 is 56.4 Å². The van der Waals surface area contributed by atoms with E-state index in [2.05, 4.69) is 15.6 Å².